The highest BCUT2D eigenvalue weighted by molar-refractivity contribution is 9.10. The van der Waals surface area contributed by atoms with Gasteiger partial charge in [-0.05, 0) is 24.3 Å². The molecule has 4 N–H and O–H groups in total. The van der Waals surface area contributed by atoms with Crippen LogP contribution in [0.1, 0.15) is 16.8 Å². The summed E-state index contributed by atoms with van der Waals surface area (Å²) in [7, 11) is 0. The molecule has 106 valence electrons. The monoisotopic (exact) mass is 349 g/mol. The fraction of sp³-hybridized carbons (Fsp3) is 0.333. The third kappa shape index (κ3) is 7.15. The molecule has 19 heavy (non-hydrogen) atoms. The van der Waals surface area contributed by atoms with Crippen molar-refractivity contribution in [3.05, 3.63) is 34.3 Å². The van der Waals surface area contributed by atoms with Crippen LogP contribution in [-0.2, 0) is 4.79 Å². The van der Waals surface area contributed by atoms with Gasteiger partial charge in [-0.25, -0.2) is 0 Å². The number of hydrogen-bond donors (Lipinski definition) is 3. The fourth-order valence-corrected chi connectivity index (χ4v) is 1.56. The molecule has 0 saturated heterocycles. The Hall–Kier alpha value is -1.11. The molecule has 0 aliphatic carbocycles. The lowest BCUT2D eigenvalue weighted by Gasteiger charge is -2.06. The van der Waals surface area contributed by atoms with Gasteiger partial charge in [-0.3, -0.25) is 9.59 Å². The maximum absolute atomic E-state index is 11.7. The lowest BCUT2D eigenvalue weighted by molar-refractivity contribution is -0.120. The van der Waals surface area contributed by atoms with E-state index in [0.29, 0.717) is 25.2 Å². The second-order valence-electron chi connectivity index (χ2n) is 3.65. The van der Waals surface area contributed by atoms with E-state index in [9.17, 15) is 9.59 Å². The van der Waals surface area contributed by atoms with E-state index in [0.717, 1.165) is 4.47 Å². The molecule has 0 saturated carbocycles. The van der Waals surface area contributed by atoms with E-state index in [1.165, 1.54) is 0 Å². The minimum Gasteiger partial charge on any atom is -0.355 e. The van der Waals surface area contributed by atoms with Gasteiger partial charge in [0.1, 0.15) is 0 Å². The highest BCUT2D eigenvalue weighted by atomic mass is 79.9. The van der Waals surface area contributed by atoms with Crippen LogP contribution in [0.25, 0.3) is 0 Å². The summed E-state index contributed by atoms with van der Waals surface area (Å²) in [6, 6.07) is 7.02. The molecule has 0 aliphatic rings. The van der Waals surface area contributed by atoms with Gasteiger partial charge in [0.15, 0.2) is 0 Å². The highest BCUT2D eigenvalue weighted by Crippen LogP contribution is 2.10. The zero-order valence-electron chi connectivity index (χ0n) is 10.3. The van der Waals surface area contributed by atoms with Crippen LogP contribution in [0.15, 0.2) is 28.7 Å². The maximum Gasteiger partial charge on any atom is 0.251 e. The van der Waals surface area contributed by atoms with E-state index in [1.807, 2.05) is 0 Å². The van der Waals surface area contributed by atoms with Crippen LogP contribution < -0.4 is 16.4 Å². The minimum absolute atomic E-state index is 0. The Balaban J connectivity index is 0.00000324. The molecule has 2 amide bonds. The Bertz CT molecular complexity index is 412. The third-order valence-electron chi connectivity index (χ3n) is 2.21. The Kier molecular flexibility index (Phi) is 9.20. The van der Waals surface area contributed by atoms with Crippen LogP contribution in [0.4, 0.5) is 0 Å². The number of carbonyl (C=O) groups is 2. The van der Waals surface area contributed by atoms with E-state index in [1.54, 1.807) is 24.3 Å². The number of hydrogen-bond acceptors (Lipinski definition) is 3. The number of benzene rings is 1. The third-order valence-corrected chi connectivity index (χ3v) is 2.74. The zero-order valence-corrected chi connectivity index (χ0v) is 12.7. The van der Waals surface area contributed by atoms with Crippen LogP contribution in [0.5, 0.6) is 0 Å². The first-order valence-electron chi connectivity index (χ1n) is 5.64. The molecule has 1 aromatic carbocycles. The predicted octanol–water partition coefficient (Wildman–Crippen LogP) is 1.07. The molecule has 1 aromatic rings. The summed E-state index contributed by atoms with van der Waals surface area (Å²) >= 11 is 3.30. The van der Waals surface area contributed by atoms with Crippen molar-refractivity contribution in [1.82, 2.24) is 10.6 Å². The molecular formula is C12H17BrClN3O2. The molecule has 5 nitrogen and oxygen atoms in total. The summed E-state index contributed by atoms with van der Waals surface area (Å²) in [5.74, 6) is -0.300. The molecule has 1 rings (SSSR count). The van der Waals surface area contributed by atoms with E-state index < -0.39 is 0 Å². The van der Waals surface area contributed by atoms with Gasteiger partial charge < -0.3 is 16.4 Å². The van der Waals surface area contributed by atoms with Crippen molar-refractivity contribution in [1.29, 1.82) is 0 Å². The fourth-order valence-electron chi connectivity index (χ4n) is 1.29. The molecule has 0 radical (unpaired) electrons. The Morgan fingerprint density at radius 2 is 1.74 bits per heavy atom. The normalized spacial score (nSPS) is 9.37. The van der Waals surface area contributed by atoms with Gasteiger partial charge in [-0.15, -0.1) is 12.4 Å². The first kappa shape index (κ1) is 17.9. The lowest BCUT2D eigenvalue weighted by Crippen LogP contribution is -2.33. The number of carbonyl (C=O) groups excluding carboxylic acids is 2. The molecule has 0 spiro atoms. The van der Waals surface area contributed by atoms with Crippen LogP contribution in [0.2, 0.25) is 0 Å². The van der Waals surface area contributed by atoms with E-state index in [2.05, 4.69) is 26.6 Å². The second-order valence-corrected chi connectivity index (χ2v) is 4.57. The summed E-state index contributed by atoms with van der Waals surface area (Å²) in [6.45, 7) is 1.18. The highest BCUT2D eigenvalue weighted by Gasteiger charge is 2.05. The summed E-state index contributed by atoms with van der Waals surface area (Å²) in [4.78, 5) is 22.9. The maximum atomic E-state index is 11.7. The van der Waals surface area contributed by atoms with Crippen LogP contribution in [-0.4, -0.2) is 31.4 Å². The quantitative estimate of drug-likeness (QED) is 0.717. The Labute approximate surface area is 126 Å². The van der Waals surface area contributed by atoms with Gasteiger partial charge in [-0.1, -0.05) is 15.9 Å². The van der Waals surface area contributed by atoms with Gasteiger partial charge in [0.05, 0.1) is 0 Å². The second kappa shape index (κ2) is 9.77. The largest absolute Gasteiger partial charge is 0.355 e. The van der Waals surface area contributed by atoms with Gasteiger partial charge in [-0.2, -0.15) is 0 Å². The number of rotatable bonds is 6. The van der Waals surface area contributed by atoms with E-state index >= 15 is 0 Å². The lowest BCUT2D eigenvalue weighted by atomic mass is 10.2. The molecule has 7 heteroatoms. The van der Waals surface area contributed by atoms with Crippen molar-refractivity contribution in [2.24, 2.45) is 5.73 Å². The predicted molar refractivity (Wildman–Crippen MR) is 80.4 cm³/mol. The van der Waals surface area contributed by atoms with Gasteiger partial charge in [0.25, 0.3) is 5.91 Å². The minimum atomic E-state index is -0.186. The smallest absolute Gasteiger partial charge is 0.251 e. The summed E-state index contributed by atoms with van der Waals surface area (Å²) in [5, 5.41) is 5.31. The van der Waals surface area contributed by atoms with Crippen molar-refractivity contribution in [3.63, 3.8) is 0 Å². The molecule has 0 unspecified atom stereocenters. The van der Waals surface area contributed by atoms with E-state index in [4.69, 9.17) is 5.73 Å². The van der Waals surface area contributed by atoms with Gasteiger partial charge in [0.2, 0.25) is 5.91 Å². The van der Waals surface area contributed by atoms with E-state index in [-0.39, 0.29) is 30.6 Å². The summed E-state index contributed by atoms with van der Waals surface area (Å²) in [5.41, 5.74) is 5.82. The number of nitrogens with one attached hydrogen (secondary N) is 2. The summed E-state index contributed by atoms with van der Waals surface area (Å²) < 4.78 is 0.917. The van der Waals surface area contributed by atoms with Crippen molar-refractivity contribution >= 4 is 40.2 Å². The molecule has 0 bridgehead atoms. The first-order valence-corrected chi connectivity index (χ1v) is 6.43. The molecule has 0 fully saturated rings. The molecule has 0 atom stereocenters. The molecule has 0 aliphatic heterocycles. The number of halogens is 2. The van der Waals surface area contributed by atoms with Crippen molar-refractivity contribution in [2.75, 3.05) is 19.6 Å². The topological polar surface area (TPSA) is 84.2 Å². The number of amides is 2. The van der Waals surface area contributed by atoms with Crippen LogP contribution >= 0.6 is 28.3 Å². The molecule has 0 aromatic heterocycles. The Morgan fingerprint density at radius 1 is 1.11 bits per heavy atom. The van der Waals surface area contributed by atoms with Gasteiger partial charge in [0, 0.05) is 36.1 Å². The SMILES string of the molecule is Cl.NCCNC(=O)CCNC(=O)c1ccc(Br)cc1. The number of nitrogens with two attached hydrogens (primary N) is 1. The van der Waals surface area contributed by atoms with Crippen molar-refractivity contribution in [2.45, 2.75) is 6.42 Å². The Morgan fingerprint density at radius 3 is 2.32 bits per heavy atom. The average molecular weight is 351 g/mol. The average Bonchev–Trinajstić information content (AvgIpc) is 2.37. The van der Waals surface area contributed by atoms with Crippen LogP contribution in [0.3, 0.4) is 0 Å². The standard InChI is InChI=1S/C12H16BrN3O2.ClH/c13-10-3-1-9(2-4-10)12(18)16-7-5-11(17)15-8-6-14;/h1-4H,5-8,14H2,(H,15,17)(H,16,18);1H. The zero-order chi connectivity index (χ0) is 13.4. The molecular weight excluding hydrogens is 334 g/mol. The van der Waals surface area contributed by atoms with Gasteiger partial charge >= 0.3 is 0 Å². The summed E-state index contributed by atoms with van der Waals surface area (Å²) in [6.07, 6.45) is 0.252. The van der Waals surface area contributed by atoms with Crippen LogP contribution in [0, 0.1) is 0 Å². The first-order chi connectivity index (χ1) is 8.63. The molecule has 0 heterocycles. The van der Waals surface area contributed by atoms with Crippen molar-refractivity contribution in [3.8, 4) is 0 Å². The van der Waals surface area contributed by atoms with Crippen molar-refractivity contribution < 1.29 is 9.59 Å².